The summed E-state index contributed by atoms with van der Waals surface area (Å²) in [7, 11) is -3.58. The van der Waals surface area contributed by atoms with Crippen molar-refractivity contribution in [2.24, 2.45) is 5.73 Å². The molecule has 2 heterocycles. The molecule has 4 rings (SSSR count). The number of hydrogen-bond donors (Lipinski definition) is 2. The van der Waals surface area contributed by atoms with Crippen LogP contribution in [0.3, 0.4) is 0 Å². The van der Waals surface area contributed by atoms with Gasteiger partial charge in [-0.15, -0.1) is 11.3 Å². The second kappa shape index (κ2) is 9.17. The van der Waals surface area contributed by atoms with E-state index < -0.39 is 22.0 Å². The van der Waals surface area contributed by atoms with Gasteiger partial charge in [0.2, 0.25) is 15.9 Å². The number of hydrogen-bond acceptors (Lipinski definition) is 6. The number of nitrogens with one attached hydrogen (secondary N) is 1. The summed E-state index contributed by atoms with van der Waals surface area (Å²) in [5.41, 5.74) is 8.76. The zero-order chi connectivity index (χ0) is 23.9. The lowest BCUT2D eigenvalue weighted by Crippen LogP contribution is -2.54. The van der Waals surface area contributed by atoms with E-state index in [4.69, 9.17) is 5.73 Å². The summed E-state index contributed by atoms with van der Waals surface area (Å²) in [6, 6.07) is 4.88. The number of amides is 2. The third-order valence-electron chi connectivity index (χ3n) is 6.55. The van der Waals surface area contributed by atoms with Crippen LogP contribution in [-0.2, 0) is 27.7 Å². The van der Waals surface area contributed by atoms with Crippen molar-refractivity contribution in [3.05, 3.63) is 45.3 Å². The van der Waals surface area contributed by atoms with Crippen LogP contribution in [0.5, 0.6) is 0 Å². The summed E-state index contributed by atoms with van der Waals surface area (Å²) < 4.78 is 27.7. The molecule has 178 valence electrons. The van der Waals surface area contributed by atoms with Gasteiger partial charge in [0.15, 0.2) is 0 Å². The number of nitrogens with zero attached hydrogens (tertiary/aromatic N) is 2. The highest BCUT2D eigenvalue weighted by molar-refractivity contribution is 7.89. The topological polar surface area (TPSA) is 113 Å². The maximum absolute atomic E-state index is 13.1. The molecule has 33 heavy (non-hydrogen) atoms. The van der Waals surface area contributed by atoms with Crippen molar-refractivity contribution in [2.75, 3.05) is 31.5 Å². The number of nitrogens with two attached hydrogens (primary N) is 1. The van der Waals surface area contributed by atoms with Crippen LogP contribution in [0.25, 0.3) is 0 Å². The number of aryl methyl sites for hydroxylation is 3. The Balaban J connectivity index is 1.41. The number of rotatable bonds is 6. The summed E-state index contributed by atoms with van der Waals surface area (Å²) in [4.78, 5) is 28.4. The normalized spacial score (nSPS) is 18.2. The zero-order valence-electron chi connectivity index (χ0n) is 19.2. The average molecular weight is 491 g/mol. The molecule has 0 radical (unpaired) electrons. The first-order valence-corrected chi connectivity index (χ1v) is 13.4. The summed E-state index contributed by atoms with van der Waals surface area (Å²) >= 11 is 1.43. The van der Waals surface area contributed by atoms with Gasteiger partial charge in [-0.05, 0) is 57.2 Å². The van der Waals surface area contributed by atoms with Crippen molar-refractivity contribution in [1.82, 2.24) is 9.21 Å². The van der Waals surface area contributed by atoms with E-state index in [9.17, 15) is 18.0 Å². The molecule has 1 fully saturated rings. The number of carbonyl (C=O) groups is 2. The Kier molecular flexibility index (Phi) is 6.63. The molecule has 8 nitrogen and oxygen atoms in total. The van der Waals surface area contributed by atoms with Crippen LogP contribution in [0.2, 0.25) is 0 Å². The minimum Gasteiger partial charge on any atom is -0.365 e. The number of fused-ring (bicyclic) bond motifs is 1. The van der Waals surface area contributed by atoms with Crippen LogP contribution in [0, 0.1) is 13.8 Å². The molecule has 1 unspecified atom stereocenters. The molecule has 1 aliphatic heterocycles. The van der Waals surface area contributed by atoms with E-state index in [-0.39, 0.29) is 5.91 Å². The van der Waals surface area contributed by atoms with E-state index in [2.05, 4.69) is 5.32 Å². The Hall–Kier alpha value is -2.27. The second-order valence-corrected chi connectivity index (χ2v) is 11.8. The average Bonchev–Trinajstić information content (AvgIpc) is 3.33. The molecule has 2 aliphatic rings. The minimum absolute atomic E-state index is 0.219. The fourth-order valence-corrected chi connectivity index (χ4v) is 7.62. The van der Waals surface area contributed by atoms with Crippen molar-refractivity contribution in [3.8, 4) is 0 Å². The van der Waals surface area contributed by atoms with Gasteiger partial charge in [-0.25, -0.2) is 8.42 Å². The summed E-state index contributed by atoms with van der Waals surface area (Å²) in [6.45, 7) is 7.06. The first-order chi connectivity index (χ1) is 15.6. The Bertz CT molecular complexity index is 1200. The first-order valence-electron chi connectivity index (χ1n) is 11.2. The molecular formula is C23H30N4O4S2. The lowest BCUT2D eigenvalue weighted by atomic mass is 10.1. The molecule has 0 saturated carbocycles. The molecule has 2 aromatic rings. The quantitative estimate of drug-likeness (QED) is 0.645. The number of benzene rings is 1. The highest BCUT2D eigenvalue weighted by atomic mass is 32.2. The summed E-state index contributed by atoms with van der Waals surface area (Å²) in [6.07, 6.45) is 2.72. The Morgan fingerprint density at radius 3 is 2.45 bits per heavy atom. The van der Waals surface area contributed by atoms with E-state index in [1.807, 2.05) is 30.9 Å². The van der Waals surface area contributed by atoms with Crippen molar-refractivity contribution >= 4 is 38.2 Å². The molecule has 1 aliphatic carbocycles. The van der Waals surface area contributed by atoms with Crippen molar-refractivity contribution in [1.29, 1.82) is 0 Å². The third-order valence-corrected chi connectivity index (χ3v) is 9.82. The van der Waals surface area contributed by atoms with E-state index in [0.29, 0.717) is 41.6 Å². The number of thiophene rings is 1. The summed E-state index contributed by atoms with van der Waals surface area (Å²) in [5, 5.41) is 3.43. The predicted octanol–water partition coefficient (Wildman–Crippen LogP) is 2.29. The van der Waals surface area contributed by atoms with Gasteiger partial charge in [0, 0.05) is 31.1 Å². The molecule has 0 spiro atoms. The SMILES string of the molecule is Cc1ccc(S(=O)(=O)N2CCN(C(C)C(=O)Nc3sc4c(c3C(N)=O)CCC4)CC2)c(C)c1. The van der Waals surface area contributed by atoms with E-state index in [1.54, 1.807) is 13.0 Å². The minimum atomic E-state index is -3.58. The highest BCUT2D eigenvalue weighted by Crippen LogP contribution is 2.39. The number of sulfonamides is 1. The molecule has 10 heteroatoms. The molecule has 0 bridgehead atoms. The Morgan fingerprint density at radius 2 is 1.82 bits per heavy atom. The van der Waals surface area contributed by atoms with Gasteiger partial charge in [0.25, 0.3) is 5.91 Å². The first kappa shape index (κ1) is 23.9. The molecule has 3 N–H and O–H groups in total. The van der Waals surface area contributed by atoms with Crippen molar-refractivity contribution in [3.63, 3.8) is 0 Å². The lowest BCUT2D eigenvalue weighted by Gasteiger charge is -2.36. The van der Waals surface area contributed by atoms with E-state index in [1.165, 1.54) is 15.6 Å². The maximum Gasteiger partial charge on any atom is 0.251 e. The van der Waals surface area contributed by atoms with Crippen LogP contribution in [0.15, 0.2) is 23.1 Å². The van der Waals surface area contributed by atoms with Crippen LogP contribution in [0.1, 0.15) is 45.3 Å². The smallest absolute Gasteiger partial charge is 0.251 e. The van der Waals surface area contributed by atoms with E-state index in [0.717, 1.165) is 40.8 Å². The molecule has 1 aromatic carbocycles. The van der Waals surface area contributed by atoms with Gasteiger partial charge in [0.1, 0.15) is 5.00 Å². The van der Waals surface area contributed by atoms with Gasteiger partial charge in [-0.3, -0.25) is 14.5 Å². The Morgan fingerprint density at radius 1 is 1.12 bits per heavy atom. The standard InChI is InChI=1S/C23H30N4O4S2/c1-14-7-8-19(15(2)13-14)33(30,31)27-11-9-26(10-12-27)16(3)22(29)25-23-20(21(24)28)17-5-4-6-18(17)32-23/h7-8,13,16H,4-6,9-12H2,1-3H3,(H2,24,28)(H,25,29). The van der Waals surface area contributed by atoms with Crippen LogP contribution < -0.4 is 11.1 Å². The van der Waals surface area contributed by atoms with Crippen molar-refractivity contribution in [2.45, 2.75) is 51.0 Å². The molecule has 1 saturated heterocycles. The second-order valence-electron chi connectivity index (χ2n) is 8.80. The number of piperazine rings is 1. The predicted molar refractivity (Wildman–Crippen MR) is 129 cm³/mol. The fourth-order valence-electron chi connectivity index (χ4n) is 4.69. The van der Waals surface area contributed by atoms with Gasteiger partial charge in [-0.1, -0.05) is 17.7 Å². The summed E-state index contributed by atoms with van der Waals surface area (Å²) in [5.74, 6) is -0.731. The van der Waals surface area contributed by atoms with Crippen LogP contribution >= 0.6 is 11.3 Å². The molecule has 1 atom stereocenters. The van der Waals surface area contributed by atoms with E-state index >= 15 is 0 Å². The largest absolute Gasteiger partial charge is 0.365 e. The van der Waals surface area contributed by atoms with Gasteiger partial charge in [0.05, 0.1) is 16.5 Å². The Labute approximate surface area is 198 Å². The van der Waals surface area contributed by atoms with Gasteiger partial charge in [-0.2, -0.15) is 4.31 Å². The highest BCUT2D eigenvalue weighted by Gasteiger charge is 2.33. The van der Waals surface area contributed by atoms with Crippen LogP contribution in [-0.4, -0.2) is 61.7 Å². The molecule has 1 aromatic heterocycles. The van der Waals surface area contributed by atoms with Crippen molar-refractivity contribution < 1.29 is 18.0 Å². The van der Waals surface area contributed by atoms with Gasteiger partial charge < -0.3 is 11.1 Å². The fraction of sp³-hybridized carbons (Fsp3) is 0.478. The van der Waals surface area contributed by atoms with Gasteiger partial charge >= 0.3 is 0 Å². The molecule has 2 amide bonds. The monoisotopic (exact) mass is 490 g/mol. The van der Waals surface area contributed by atoms with Crippen LogP contribution in [0.4, 0.5) is 5.00 Å². The molecular weight excluding hydrogens is 460 g/mol. The number of anilines is 1. The third kappa shape index (κ3) is 4.57. The maximum atomic E-state index is 13.1. The lowest BCUT2D eigenvalue weighted by molar-refractivity contribution is -0.121. The number of primary amides is 1. The zero-order valence-corrected chi connectivity index (χ0v) is 20.8. The number of carbonyl (C=O) groups excluding carboxylic acids is 2.